The van der Waals surface area contributed by atoms with Gasteiger partial charge in [0.1, 0.15) is 0 Å². The highest BCUT2D eigenvalue weighted by Gasteiger charge is 2.19. The van der Waals surface area contributed by atoms with Crippen molar-refractivity contribution in [1.29, 1.82) is 0 Å². The number of methoxy groups -OCH3 is 1. The Morgan fingerprint density at radius 1 is 1.40 bits per heavy atom. The summed E-state index contributed by atoms with van der Waals surface area (Å²) in [5.74, 6) is 0. The molecule has 1 saturated heterocycles. The molecule has 112 valence electrons. The van der Waals surface area contributed by atoms with Gasteiger partial charge in [0.15, 0.2) is 0 Å². The second-order valence-corrected chi connectivity index (χ2v) is 6.09. The van der Waals surface area contributed by atoms with E-state index in [0.29, 0.717) is 12.1 Å². The van der Waals surface area contributed by atoms with Gasteiger partial charge in [0.05, 0.1) is 6.10 Å². The largest absolute Gasteiger partial charge is 0.380 e. The van der Waals surface area contributed by atoms with Crippen molar-refractivity contribution >= 4 is 5.69 Å². The summed E-state index contributed by atoms with van der Waals surface area (Å²) in [6.07, 6.45) is 2.78. The molecule has 20 heavy (non-hydrogen) atoms. The number of ether oxygens (including phenoxy) is 1. The maximum Gasteiger partial charge on any atom is 0.0746 e. The molecule has 1 aromatic rings. The lowest BCUT2D eigenvalue weighted by molar-refractivity contribution is 0.0893. The number of hydrogen-bond acceptors (Lipinski definition) is 3. The molecule has 3 nitrogen and oxygen atoms in total. The SMILES string of the molecule is COC1CCCN(c2ccc(CNC(C)C)c(C)c2)C1. The molecule has 0 aromatic heterocycles. The van der Waals surface area contributed by atoms with Crippen LogP contribution >= 0.6 is 0 Å². The number of piperidine rings is 1. The van der Waals surface area contributed by atoms with Crippen molar-refractivity contribution in [3.63, 3.8) is 0 Å². The van der Waals surface area contributed by atoms with Gasteiger partial charge in [-0.05, 0) is 43.0 Å². The molecule has 0 aliphatic carbocycles. The molecule has 0 radical (unpaired) electrons. The van der Waals surface area contributed by atoms with E-state index in [9.17, 15) is 0 Å². The van der Waals surface area contributed by atoms with Crippen LogP contribution in [0.2, 0.25) is 0 Å². The summed E-state index contributed by atoms with van der Waals surface area (Å²) in [4.78, 5) is 2.45. The average molecular weight is 276 g/mol. The van der Waals surface area contributed by atoms with Crippen LogP contribution in [0.4, 0.5) is 5.69 Å². The van der Waals surface area contributed by atoms with Crippen LogP contribution < -0.4 is 10.2 Å². The summed E-state index contributed by atoms with van der Waals surface area (Å²) in [7, 11) is 1.82. The zero-order valence-electron chi connectivity index (χ0n) is 13.3. The van der Waals surface area contributed by atoms with E-state index in [2.05, 4.69) is 49.2 Å². The van der Waals surface area contributed by atoms with Crippen LogP contribution in [0.5, 0.6) is 0 Å². The zero-order chi connectivity index (χ0) is 14.5. The lowest BCUT2D eigenvalue weighted by Crippen LogP contribution is -2.39. The lowest BCUT2D eigenvalue weighted by Gasteiger charge is -2.34. The predicted molar refractivity (Wildman–Crippen MR) is 85.4 cm³/mol. The van der Waals surface area contributed by atoms with Gasteiger partial charge in [-0.25, -0.2) is 0 Å². The maximum absolute atomic E-state index is 5.51. The second-order valence-electron chi connectivity index (χ2n) is 6.09. The summed E-state index contributed by atoms with van der Waals surface area (Å²) >= 11 is 0. The Morgan fingerprint density at radius 2 is 2.20 bits per heavy atom. The van der Waals surface area contributed by atoms with Gasteiger partial charge in [-0.2, -0.15) is 0 Å². The molecule has 0 spiro atoms. The van der Waals surface area contributed by atoms with Gasteiger partial charge in [-0.1, -0.05) is 19.9 Å². The highest BCUT2D eigenvalue weighted by Crippen LogP contribution is 2.23. The smallest absolute Gasteiger partial charge is 0.0746 e. The van der Waals surface area contributed by atoms with Crippen LogP contribution in [0.3, 0.4) is 0 Å². The Hall–Kier alpha value is -1.06. The van der Waals surface area contributed by atoms with Crippen molar-refractivity contribution in [2.45, 2.75) is 52.3 Å². The fraction of sp³-hybridized carbons (Fsp3) is 0.647. The molecular formula is C17H28N2O. The van der Waals surface area contributed by atoms with E-state index in [-0.39, 0.29) is 0 Å². The van der Waals surface area contributed by atoms with Crippen molar-refractivity contribution in [2.75, 3.05) is 25.1 Å². The Morgan fingerprint density at radius 3 is 2.85 bits per heavy atom. The van der Waals surface area contributed by atoms with Gasteiger partial charge in [-0.15, -0.1) is 0 Å². The van der Waals surface area contributed by atoms with Crippen molar-refractivity contribution in [3.8, 4) is 0 Å². The topological polar surface area (TPSA) is 24.5 Å². The molecule has 3 heteroatoms. The van der Waals surface area contributed by atoms with Crippen LogP contribution in [0.25, 0.3) is 0 Å². The number of rotatable bonds is 5. The first kappa shape index (κ1) is 15.3. The van der Waals surface area contributed by atoms with Gasteiger partial charge < -0.3 is 15.0 Å². The molecular weight excluding hydrogens is 248 g/mol. The number of nitrogens with zero attached hydrogens (tertiary/aromatic N) is 1. The number of anilines is 1. The molecule has 0 amide bonds. The van der Waals surface area contributed by atoms with Crippen molar-refractivity contribution in [2.24, 2.45) is 0 Å². The molecule has 0 bridgehead atoms. The fourth-order valence-corrected chi connectivity index (χ4v) is 2.75. The molecule has 1 aromatic carbocycles. The summed E-state index contributed by atoms with van der Waals surface area (Å²) in [5, 5.41) is 3.48. The first-order chi connectivity index (χ1) is 9.60. The minimum absolute atomic E-state index is 0.381. The van der Waals surface area contributed by atoms with Crippen LogP contribution in [-0.2, 0) is 11.3 Å². The zero-order valence-corrected chi connectivity index (χ0v) is 13.3. The monoisotopic (exact) mass is 276 g/mol. The Balaban J connectivity index is 2.04. The second kappa shape index (κ2) is 7.09. The standard InChI is InChI=1S/C17H28N2O/c1-13(2)18-11-15-7-8-16(10-14(15)3)19-9-5-6-17(12-19)20-4/h7-8,10,13,17-18H,5-6,9,11-12H2,1-4H3. The average Bonchev–Trinajstić information content (AvgIpc) is 2.46. The van der Waals surface area contributed by atoms with Gasteiger partial charge >= 0.3 is 0 Å². The fourth-order valence-electron chi connectivity index (χ4n) is 2.75. The highest BCUT2D eigenvalue weighted by molar-refractivity contribution is 5.51. The van der Waals surface area contributed by atoms with Crippen molar-refractivity contribution in [1.82, 2.24) is 5.32 Å². The molecule has 1 N–H and O–H groups in total. The minimum Gasteiger partial charge on any atom is -0.380 e. The summed E-state index contributed by atoms with van der Waals surface area (Å²) < 4.78 is 5.51. The first-order valence-electron chi connectivity index (χ1n) is 7.71. The molecule has 1 atom stereocenters. The Kier molecular flexibility index (Phi) is 5.44. The molecule has 2 rings (SSSR count). The third kappa shape index (κ3) is 3.97. The van der Waals surface area contributed by atoms with E-state index < -0.39 is 0 Å². The minimum atomic E-state index is 0.381. The number of hydrogen-bond donors (Lipinski definition) is 1. The van der Waals surface area contributed by atoms with E-state index in [1.165, 1.54) is 29.7 Å². The molecule has 1 aliphatic heterocycles. The summed E-state index contributed by atoms with van der Waals surface area (Å²) in [6, 6.07) is 7.35. The summed E-state index contributed by atoms with van der Waals surface area (Å²) in [5.41, 5.74) is 4.09. The summed E-state index contributed by atoms with van der Waals surface area (Å²) in [6.45, 7) is 9.68. The maximum atomic E-state index is 5.51. The van der Waals surface area contributed by atoms with Crippen LogP contribution in [0, 0.1) is 6.92 Å². The van der Waals surface area contributed by atoms with E-state index in [1.54, 1.807) is 0 Å². The van der Waals surface area contributed by atoms with E-state index >= 15 is 0 Å². The van der Waals surface area contributed by atoms with Gasteiger partial charge in [0, 0.05) is 38.5 Å². The van der Waals surface area contributed by atoms with E-state index in [0.717, 1.165) is 19.6 Å². The molecule has 1 heterocycles. The van der Waals surface area contributed by atoms with Crippen LogP contribution in [0.15, 0.2) is 18.2 Å². The van der Waals surface area contributed by atoms with Crippen molar-refractivity contribution in [3.05, 3.63) is 29.3 Å². The molecule has 1 aliphatic rings. The predicted octanol–water partition coefficient (Wildman–Crippen LogP) is 3.11. The van der Waals surface area contributed by atoms with Crippen LogP contribution in [-0.4, -0.2) is 32.3 Å². The Bertz CT molecular complexity index is 431. The number of nitrogens with one attached hydrogen (secondary N) is 1. The van der Waals surface area contributed by atoms with Crippen molar-refractivity contribution < 1.29 is 4.74 Å². The normalized spacial score (nSPS) is 19.6. The van der Waals surface area contributed by atoms with Gasteiger partial charge in [-0.3, -0.25) is 0 Å². The van der Waals surface area contributed by atoms with Gasteiger partial charge in [0.25, 0.3) is 0 Å². The van der Waals surface area contributed by atoms with Crippen LogP contribution in [0.1, 0.15) is 37.8 Å². The first-order valence-corrected chi connectivity index (χ1v) is 7.71. The lowest BCUT2D eigenvalue weighted by atomic mass is 10.0. The molecule has 0 saturated carbocycles. The van der Waals surface area contributed by atoms with E-state index in [4.69, 9.17) is 4.74 Å². The number of benzene rings is 1. The Labute approximate surface area is 123 Å². The third-order valence-corrected chi connectivity index (χ3v) is 4.10. The number of aryl methyl sites for hydroxylation is 1. The van der Waals surface area contributed by atoms with Gasteiger partial charge in [0.2, 0.25) is 0 Å². The highest BCUT2D eigenvalue weighted by atomic mass is 16.5. The third-order valence-electron chi connectivity index (χ3n) is 4.10. The quantitative estimate of drug-likeness (QED) is 0.894. The molecule has 1 unspecified atom stereocenters. The van der Waals surface area contributed by atoms with E-state index in [1.807, 2.05) is 7.11 Å². The molecule has 1 fully saturated rings.